The van der Waals surface area contributed by atoms with Crippen LogP contribution in [0.15, 0.2) is 76.2 Å². The minimum atomic E-state index is -4.39. The quantitative estimate of drug-likeness (QED) is 0.383. The lowest BCUT2D eigenvalue weighted by Gasteiger charge is -2.05. The molecule has 0 aliphatic carbocycles. The van der Waals surface area contributed by atoms with Crippen molar-refractivity contribution in [2.75, 3.05) is 0 Å². The normalized spacial score (nSPS) is 12.1. The Kier molecular flexibility index (Phi) is 4.35. The maximum atomic E-state index is 12.5. The maximum Gasteiger partial charge on any atom is 0.416 e. The van der Waals surface area contributed by atoms with Crippen LogP contribution in [0.1, 0.15) is 21.7 Å². The fourth-order valence-corrected chi connectivity index (χ4v) is 2.88. The zero-order chi connectivity index (χ0) is 19.7. The second-order valence-corrected chi connectivity index (χ2v) is 6.13. The van der Waals surface area contributed by atoms with Crippen LogP contribution >= 0.6 is 0 Å². The molecule has 7 heteroatoms. The number of nitrogens with one attached hydrogen (secondary N) is 1. The van der Waals surface area contributed by atoms with E-state index in [0.717, 1.165) is 28.3 Å². The van der Waals surface area contributed by atoms with Crippen molar-refractivity contribution in [2.45, 2.75) is 6.18 Å². The molecule has 0 saturated carbocycles. The fraction of sp³-hybridized carbons (Fsp3) is 0.0476. The van der Waals surface area contributed by atoms with E-state index in [-0.39, 0.29) is 5.76 Å². The summed E-state index contributed by atoms with van der Waals surface area (Å²) < 4.78 is 43.2. The second-order valence-electron chi connectivity index (χ2n) is 6.13. The van der Waals surface area contributed by atoms with Crippen molar-refractivity contribution in [1.82, 2.24) is 5.43 Å². The molecule has 1 amide bonds. The summed E-state index contributed by atoms with van der Waals surface area (Å²) in [7, 11) is 0. The molecule has 4 nitrogen and oxygen atoms in total. The van der Waals surface area contributed by atoms with Crippen molar-refractivity contribution in [2.24, 2.45) is 5.10 Å². The average molecular weight is 382 g/mol. The number of hydrazone groups is 1. The predicted octanol–water partition coefficient (Wildman–Crippen LogP) is 5.37. The molecule has 28 heavy (non-hydrogen) atoms. The van der Waals surface area contributed by atoms with Gasteiger partial charge >= 0.3 is 12.1 Å². The highest BCUT2D eigenvalue weighted by molar-refractivity contribution is 6.08. The largest absolute Gasteiger partial charge is 0.451 e. The molecule has 4 rings (SSSR count). The van der Waals surface area contributed by atoms with Gasteiger partial charge in [-0.05, 0) is 40.6 Å². The van der Waals surface area contributed by atoms with Crippen LogP contribution in [0.3, 0.4) is 0 Å². The third-order valence-electron chi connectivity index (χ3n) is 4.27. The van der Waals surface area contributed by atoms with Gasteiger partial charge in [0.15, 0.2) is 5.76 Å². The molecule has 0 aliphatic rings. The van der Waals surface area contributed by atoms with Gasteiger partial charge in [-0.2, -0.15) is 18.3 Å². The molecule has 0 atom stereocenters. The standard InChI is InChI=1S/C21H13F3N2O2/c22-21(23,24)15-8-5-13(6-9-15)12-25-26-20(27)19-11-17-16-4-2-1-3-14(16)7-10-18(17)28-19/h1-12H,(H,26,27). The van der Waals surface area contributed by atoms with Crippen molar-refractivity contribution >= 4 is 33.9 Å². The van der Waals surface area contributed by atoms with Crippen molar-refractivity contribution in [3.63, 3.8) is 0 Å². The Morgan fingerprint density at radius 1 is 0.964 bits per heavy atom. The number of nitrogens with zero attached hydrogens (tertiary/aromatic N) is 1. The van der Waals surface area contributed by atoms with E-state index >= 15 is 0 Å². The van der Waals surface area contributed by atoms with Gasteiger partial charge in [0, 0.05) is 5.39 Å². The third-order valence-corrected chi connectivity index (χ3v) is 4.27. The Morgan fingerprint density at radius 2 is 1.71 bits per heavy atom. The molecule has 3 aromatic carbocycles. The summed E-state index contributed by atoms with van der Waals surface area (Å²) in [6.07, 6.45) is -3.13. The first-order valence-electron chi connectivity index (χ1n) is 8.34. The summed E-state index contributed by atoms with van der Waals surface area (Å²) >= 11 is 0. The molecule has 140 valence electrons. The van der Waals surface area contributed by atoms with E-state index in [1.54, 1.807) is 12.1 Å². The Bertz CT molecular complexity index is 1190. The Balaban J connectivity index is 1.51. The van der Waals surface area contributed by atoms with Crippen LogP contribution in [0.25, 0.3) is 21.7 Å². The van der Waals surface area contributed by atoms with Crippen molar-refractivity contribution in [3.05, 3.63) is 83.6 Å². The summed E-state index contributed by atoms with van der Waals surface area (Å²) in [4.78, 5) is 12.3. The Morgan fingerprint density at radius 3 is 2.46 bits per heavy atom. The van der Waals surface area contributed by atoms with Crippen LogP contribution in [0.5, 0.6) is 0 Å². The summed E-state index contributed by atoms with van der Waals surface area (Å²) in [5, 5.41) is 6.59. The summed E-state index contributed by atoms with van der Waals surface area (Å²) in [5.41, 5.74) is 2.57. The summed E-state index contributed by atoms with van der Waals surface area (Å²) in [6.45, 7) is 0. The molecule has 0 unspecified atom stereocenters. The van der Waals surface area contributed by atoms with E-state index in [9.17, 15) is 18.0 Å². The van der Waals surface area contributed by atoms with E-state index in [1.807, 2.05) is 30.3 Å². The number of rotatable bonds is 3. The highest BCUT2D eigenvalue weighted by Crippen LogP contribution is 2.29. The van der Waals surface area contributed by atoms with E-state index in [4.69, 9.17) is 4.42 Å². The van der Waals surface area contributed by atoms with Gasteiger partial charge in [0.1, 0.15) is 5.58 Å². The van der Waals surface area contributed by atoms with Crippen LogP contribution < -0.4 is 5.43 Å². The first kappa shape index (κ1) is 17.8. The van der Waals surface area contributed by atoms with Crippen LogP contribution in [0.2, 0.25) is 0 Å². The van der Waals surface area contributed by atoms with Gasteiger partial charge in [-0.1, -0.05) is 42.5 Å². The van der Waals surface area contributed by atoms with Crippen LogP contribution in [0.4, 0.5) is 13.2 Å². The van der Waals surface area contributed by atoms with Gasteiger partial charge in [0.2, 0.25) is 0 Å². The second kappa shape index (κ2) is 6.84. The van der Waals surface area contributed by atoms with Gasteiger partial charge in [-0.25, -0.2) is 5.43 Å². The van der Waals surface area contributed by atoms with Gasteiger partial charge in [0.05, 0.1) is 11.8 Å². The zero-order valence-electron chi connectivity index (χ0n) is 14.3. The van der Waals surface area contributed by atoms with Gasteiger partial charge in [0.25, 0.3) is 0 Å². The van der Waals surface area contributed by atoms with E-state index in [2.05, 4.69) is 10.5 Å². The number of furan rings is 1. The highest BCUT2D eigenvalue weighted by Gasteiger charge is 2.29. The molecule has 0 spiro atoms. The van der Waals surface area contributed by atoms with Crippen LogP contribution in [-0.2, 0) is 6.18 Å². The average Bonchev–Trinajstić information content (AvgIpc) is 3.13. The number of hydrogen-bond donors (Lipinski definition) is 1. The summed E-state index contributed by atoms with van der Waals surface area (Å²) in [6, 6.07) is 17.5. The number of benzene rings is 3. The number of fused-ring (bicyclic) bond motifs is 3. The Hall–Kier alpha value is -3.61. The number of hydrogen-bond acceptors (Lipinski definition) is 3. The minimum Gasteiger partial charge on any atom is -0.451 e. The van der Waals surface area contributed by atoms with Gasteiger partial charge in [-0.15, -0.1) is 0 Å². The lowest BCUT2D eigenvalue weighted by atomic mass is 10.1. The summed E-state index contributed by atoms with van der Waals surface area (Å²) in [5.74, 6) is -0.459. The van der Waals surface area contributed by atoms with Gasteiger partial charge < -0.3 is 4.42 Å². The predicted molar refractivity (Wildman–Crippen MR) is 100 cm³/mol. The molecule has 0 saturated heterocycles. The number of alkyl halides is 3. The van der Waals surface area contributed by atoms with Crippen LogP contribution in [0, 0.1) is 0 Å². The molecular weight excluding hydrogens is 369 g/mol. The number of halogens is 3. The van der Waals surface area contributed by atoms with Crippen molar-refractivity contribution in [1.29, 1.82) is 0 Å². The van der Waals surface area contributed by atoms with Crippen molar-refractivity contribution in [3.8, 4) is 0 Å². The van der Waals surface area contributed by atoms with Crippen molar-refractivity contribution < 1.29 is 22.4 Å². The zero-order valence-corrected chi connectivity index (χ0v) is 14.3. The molecule has 4 aromatic rings. The van der Waals surface area contributed by atoms with E-state index in [0.29, 0.717) is 11.1 Å². The number of carbonyl (C=O) groups is 1. The first-order valence-corrected chi connectivity index (χ1v) is 8.34. The Labute approximate surface area is 157 Å². The molecule has 1 aromatic heterocycles. The molecule has 1 heterocycles. The molecular formula is C21H13F3N2O2. The molecule has 0 radical (unpaired) electrons. The third kappa shape index (κ3) is 3.46. The van der Waals surface area contributed by atoms with E-state index in [1.165, 1.54) is 18.3 Å². The smallest absolute Gasteiger partial charge is 0.416 e. The molecule has 0 bridgehead atoms. The fourth-order valence-electron chi connectivity index (χ4n) is 2.88. The minimum absolute atomic E-state index is 0.0934. The SMILES string of the molecule is O=C(NN=Cc1ccc(C(F)(F)F)cc1)c1cc2c(ccc3ccccc32)o1. The van der Waals surface area contributed by atoms with Gasteiger partial charge in [-0.3, -0.25) is 4.79 Å². The maximum absolute atomic E-state index is 12.5. The molecule has 0 aliphatic heterocycles. The number of carbonyl (C=O) groups excluding carboxylic acids is 1. The van der Waals surface area contributed by atoms with E-state index < -0.39 is 17.6 Å². The lowest BCUT2D eigenvalue weighted by Crippen LogP contribution is -2.16. The highest BCUT2D eigenvalue weighted by atomic mass is 19.4. The first-order chi connectivity index (χ1) is 13.4. The topological polar surface area (TPSA) is 54.6 Å². The molecule has 0 fully saturated rings. The monoisotopic (exact) mass is 382 g/mol. The number of amides is 1. The lowest BCUT2D eigenvalue weighted by molar-refractivity contribution is -0.137. The van der Waals surface area contributed by atoms with Crippen LogP contribution in [-0.4, -0.2) is 12.1 Å². The molecule has 1 N–H and O–H groups in total.